The van der Waals surface area contributed by atoms with Crippen molar-refractivity contribution in [3.8, 4) is 0 Å². The first-order valence-corrected chi connectivity index (χ1v) is 7.51. The zero-order chi connectivity index (χ0) is 15.0. The van der Waals surface area contributed by atoms with Crippen LogP contribution in [0.5, 0.6) is 0 Å². The molecule has 0 unspecified atom stereocenters. The molecule has 1 heterocycles. The molecule has 0 saturated carbocycles. The Bertz CT molecular complexity index is 602. The lowest BCUT2D eigenvalue weighted by Gasteiger charge is -2.24. The second kappa shape index (κ2) is 4.84. The highest BCUT2D eigenvalue weighted by Gasteiger charge is 2.33. The van der Waals surface area contributed by atoms with Gasteiger partial charge in [0.05, 0.1) is 11.9 Å². The minimum atomic E-state index is -3.27. The molecular formula is C11H19N3O4S. The highest BCUT2D eigenvalue weighted by atomic mass is 32.2. The number of nitrogens with two attached hydrogens (primary N) is 1. The summed E-state index contributed by atoms with van der Waals surface area (Å²) in [6, 6.07) is 0. The monoisotopic (exact) mass is 289 g/mol. The number of nitrogen functional groups attached to an aromatic ring is 1. The van der Waals surface area contributed by atoms with Crippen molar-refractivity contribution in [1.29, 1.82) is 0 Å². The standard InChI is InChI=1S/C11H19N3O4S/c1-7-13-8(10(15)18-4)9(12)14(7)6-11(2,3)19(5,16)17/h6,12H2,1-5H3. The lowest BCUT2D eigenvalue weighted by molar-refractivity contribution is 0.0595. The number of hydrogen-bond acceptors (Lipinski definition) is 6. The summed E-state index contributed by atoms with van der Waals surface area (Å²) in [5.41, 5.74) is 5.84. The van der Waals surface area contributed by atoms with Crippen LogP contribution < -0.4 is 5.73 Å². The van der Waals surface area contributed by atoms with E-state index in [0.717, 1.165) is 6.26 Å². The average molecular weight is 289 g/mol. The van der Waals surface area contributed by atoms with Gasteiger partial charge in [-0.3, -0.25) is 0 Å². The molecule has 0 saturated heterocycles. The molecule has 7 nitrogen and oxygen atoms in total. The molecule has 0 atom stereocenters. The number of ether oxygens (including phenoxy) is 1. The molecular weight excluding hydrogens is 270 g/mol. The summed E-state index contributed by atoms with van der Waals surface area (Å²) < 4.78 is 28.5. The lowest BCUT2D eigenvalue weighted by atomic mass is 10.2. The van der Waals surface area contributed by atoms with Crippen molar-refractivity contribution in [2.75, 3.05) is 19.1 Å². The van der Waals surface area contributed by atoms with Gasteiger partial charge < -0.3 is 15.0 Å². The van der Waals surface area contributed by atoms with Crippen LogP contribution in [0.15, 0.2) is 0 Å². The van der Waals surface area contributed by atoms with E-state index in [1.165, 1.54) is 11.7 Å². The first-order chi connectivity index (χ1) is 8.51. The third-order valence-electron chi connectivity index (χ3n) is 3.12. The number of methoxy groups -OCH3 is 1. The van der Waals surface area contributed by atoms with Gasteiger partial charge in [-0.05, 0) is 20.8 Å². The Morgan fingerprint density at radius 3 is 2.42 bits per heavy atom. The van der Waals surface area contributed by atoms with Gasteiger partial charge in [-0.1, -0.05) is 0 Å². The fourth-order valence-electron chi connectivity index (χ4n) is 1.53. The number of carbonyl (C=O) groups excluding carboxylic acids is 1. The number of carbonyl (C=O) groups is 1. The highest BCUT2D eigenvalue weighted by molar-refractivity contribution is 7.92. The molecule has 0 spiro atoms. The molecule has 2 N–H and O–H groups in total. The van der Waals surface area contributed by atoms with Crippen LogP contribution in [0.2, 0.25) is 0 Å². The van der Waals surface area contributed by atoms with Crippen molar-refractivity contribution < 1.29 is 17.9 Å². The minimum absolute atomic E-state index is 0.00398. The van der Waals surface area contributed by atoms with E-state index in [0.29, 0.717) is 5.82 Å². The van der Waals surface area contributed by atoms with Crippen LogP contribution in [0.25, 0.3) is 0 Å². The number of anilines is 1. The second-order valence-electron chi connectivity index (χ2n) is 5.00. The van der Waals surface area contributed by atoms with Crippen LogP contribution >= 0.6 is 0 Å². The number of aromatic nitrogens is 2. The third-order valence-corrected chi connectivity index (χ3v) is 5.26. The van der Waals surface area contributed by atoms with Gasteiger partial charge in [0.1, 0.15) is 11.6 Å². The van der Waals surface area contributed by atoms with Gasteiger partial charge in [0.15, 0.2) is 15.5 Å². The van der Waals surface area contributed by atoms with Gasteiger partial charge in [-0.25, -0.2) is 18.2 Å². The molecule has 108 valence electrons. The quantitative estimate of drug-likeness (QED) is 0.804. The maximum atomic E-state index is 11.7. The van der Waals surface area contributed by atoms with E-state index in [1.807, 2.05) is 0 Å². The van der Waals surface area contributed by atoms with Crippen LogP contribution in [0.3, 0.4) is 0 Å². The zero-order valence-electron chi connectivity index (χ0n) is 11.7. The molecule has 0 amide bonds. The summed E-state index contributed by atoms with van der Waals surface area (Å²) in [4.78, 5) is 15.5. The smallest absolute Gasteiger partial charge is 0.360 e. The second-order valence-corrected chi connectivity index (χ2v) is 7.65. The molecule has 8 heteroatoms. The number of nitrogens with zero attached hydrogens (tertiary/aromatic N) is 2. The SMILES string of the molecule is COC(=O)c1nc(C)n(CC(C)(C)S(C)(=O)=O)c1N. The normalized spacial score (nSPS) is 12.5. The Morgan fingerprint density at radius 2 is 2.00 bits per heavy atom. The largest absolute Gasteiger partial charge is 0.464 e. The maximum Gasteiger partial charge on any atom is 0.360 e. The predicted octanol–water partition coefficient (Wildman–Crippen LogP) is 0.384. The number of esters is 1. The van der Waals surface area contributed by atoms with Crippen molar-refractivity contribution >= 4 is 21.6 Å². The van der Waals surface area contributed by atoms with Crippen molar-refractivity contribution in [3.05, 3.63) is 11.5 Å². The first-order valence-electron chi connectivity index (χ1n) is 5.62. The summed E-state index contributed by atoms with van der Waals surface area (Å²) in [6.07, 6.45) is 1.16. The van der Waals surface area contributed by atoms with Crippen molar-refractivity contribution in [3.63, 3.8) is 0 Å². The summed E-state index contributed by atoms with van der Waals surface area (Å²) >= 11 is 0. The lowest BCUT2D eigenvalue weighted by Crippen LogP contribution is -2.36. The number of hydrogen-bond donors (Lipinski definition) is 1. The van der Waals surface area contributed by atoms with Gasteiger partial charge in [-0.2, -0.15) is 0 Å². The number of imidazole rings is 1. The van der Waals surface area contributed by atoms with Crippen molar-refractivity contribution in [2.45, 2.75) is 32.1 Å². The minimum Gasteiger partial charge on any atom is -0.464 e. The molecule has 0 aliphatic heterocycles. The maximum absolute atomic E-state index is 11.7. The van der Waals surface area contributed by atoms with E-state index < -0.39 is 20.6 Å². The molecule has 0 radical (unpaired) electrons. The fourth-order valence-corrected chi connectivity index (χ4v) is 1.89. The zero-order valence-corrected chi connectivity index (χ0v) is 12.5. The van der Waals surface area contributed by atoms with E-state index in [1.54, 1.807) is 20.8 Å². The molecule has 0 aliphatic carbocycles. The van der Waals surface area contributed by atoms with Gasteiger partial charge >= 0.3 is 5.97 Å². The number of rotatable bonds is 4. The number of sulfone groups is 1. The Morgan fingerprint density at radius 1 is 1.47 bits per heavy atom. The topological polar surface area (TPSA) is 104 Å². The van der Waals surface area contributed by atoms with Crippen LogP contribution in [0.4, 0.5) is 5.82 Å². The van der Waals surface area contributed by atoms with E-state index >= 15 is 0 Å². The van der Waals surface area contributed by atoms with Gasteiger partial charge in [0.25, 0.3) is 0 Å². The average Bonchev–Trinajstić information content (AvgIpc) is 2.54. The molecule has 0 fully saturated rings. The summed E-state index contributed by atoms with van der Waals surface area (Å²) in [6.45, 7) is 4.96. The summed E-state index contributed by atoms with van der Waals surface area (Å²) in [5.74, 6) is -0.0628. The Balaban J connectivity index is 3.24. The molecule has 19 heavy (non-hydrogen) atoms. The Labute approximate surface area is 112 Å². The van der Waals surface area contributed by atoms with Crippen LogP contribution in [-0.4, -0.2) is 42.1 Å². The van der Waals surface area contributed by atoms with Crippen LogP contribution in [0.1, 0.15) is 30.2 Å². The van der Waals surface area contributed by atoms with Gasteiger partial charge in [-0.15, -0.1) is 0 Å². The van der Waals surface area contributed by atoms with E-state index in [9.17, 15) is 13.2 Å². The first kappa shape index (κ1) is 15.5. The molecule has 0 bridgehead atoms. The Hall–Kier alpha value is -1.57. The molecule has 1 aromatic heterocycles. The summed E-state index contributed by atoms with van der Waals surface area (Å²) in [7, 11) is -2.04. The van der Waals surface area contributed by atoms with E-state index in [-0.39, 0.29) is 18.1 Å². The van der Waals surface area contributed by atoms with Crippen molar-refractivity contribution in [2.24, 2.45) is 0 Å². The molecule has 1 rings (SSSR count). The van der Waals surface area contributed by atoms with E-state index in [2.05, 4.69) is 9.72 Å². The fraction of sp³-hybridized carbons (Fsp3) is 0.636. The van der Waals surface area contributed by atoms with Gasteiger partial charge in [0, 0.05) is 12.8 Å². The predicted molar refractivity (Wildman–Crippen MR) is 71.6 cm³/mol. The Kier molecular flexibility index (Phi) is 3.94. The highest BCUT2D eigenvalue weighted by Crippen LogP contribution is 2.23. The van der Waals surface area contributed by atoms with Gasteiger partial charge in [0.2, 0.25) is 0 Å². The van der Waals surface area contributed by atoms with Crippen LogP contribution in [-0.2, 0) is 21.1 Å². The number of aryl methyl sites for hydroxylation is 1. The molecule has 0 aliphatic rings. The van der Waals surface area contributed by atoms with E-state index in [4.69, 9.17) is 5.73 Å². The van der Waals surface area contributed by atoms with Crippen LogP contribution in [0, 0.1) is 6.92 Å². The third kappa shape index (κ3) is 2.89. The molecule has 1 aromatic rings. The molecule has 0 aromatic carbocycles. The summed E-state index contributed by atoms with van der Waals surface area (Å²) in [5, 5.41) is 0. The van der Waals surface area contributed by atoms with Crippen molar-refractivity contribution in [1.82, 2.24) is 9.55 Å².